The standard InChI is InChI=1S/C21H18N2O3/c24-17(13-23-21(25)19-10-4-2-7-16(19)12-22-23)14-26-20-11-5-8-15-6-1-3-9-18(15)20/h1-12,17,24H,13-14H2. The number of hydrogen-bond donors (Lipinski definition) is 1. The highest BCUT2D eigenvalue weighted by molar-refractivity contribution is 5.88. The van der Waals surface area contributed by atoms with Gasteiger partial charge in [0.25, 0.3) is 5.56 Å². The summed E-state index contributed by atoms with van der Waals surface area (Å²) in [7, 11) is 0. The predicted molar refractivity (Wildman–Crippen MR) is 101 cm³/mol. The van der Waals surface area contributed by atoms with Crippen LogP contribution >= 0.6 is 0 Å². The van der Waals surface area contributed by atoms with Crippen LogP contribution in [0, 0.1) is 0 Å². The van der Waals surface area contributed by atoms with Crippen molar-refractivity contribution in [1.82, 2.24) is 9.78 Å². The average Bonchev–Trinajstić information content (AvgIpc) is 2.69. The number of ether oxygens (including phenoxy) is 1. The summed E-state index contributed by atoms with van der Waals surface area (Å²) in [5, 5.41) is 17.9. The first-order valence-corrected chi connectivity index (χ1v) is 8.46. The van der Waals surface area contributed by atoms with Gasteiger partial charge in [-0.25, -0.2) is 4.68 Å². The highest BCUT2D eigenvalue weighted by atomic mass is 16.5. The number of benzene rings is 3. The van der Waals surface area contributed by atoms with Gasteiger partial charge in [0.2, 0.25) is 0 Å². The number of aliphatic hydroxyl groups is 1. The molecule has 1 aromatic heterocycles. The summed E-state index contributed by atoms with van der Waals surface area (Å²) in [6.45, 7) is 0.156. The van der Waals surface area contributed by atoms with Crippen molar-refractivity contribution in [2.75, 3.05) is 6.61 Å². The Bertz CT molecular complexity index is 1120. The first-order valence-electron chi connectivity index (χ1n) is 8.46. The second kappa shape index (κ2) is 6.98. The number of fused-ring (bicyclic) bond motifs is 2. The molecule has 0 saturated heterocycles. The minimum Gasteiger partial charge on any atom is -0.490 e. The van der Waals surface area contributed by atoms with Crippen LogP contribution in [0.15, 0.2) is 77.7 Å². The molecule has 0 amide bonds. The Morgan fingerprint density at radius 3 is 2.46 bits per heavy atom. The SMILES string of the molecule is O=c1c2ccccc2cnn1CC(O)COc1cccc2ccccc12. The zero-order valence-corrected chi connectivity index (χ0v) is 14.1. The molecule has 1 unspecified atom stereocenters. The third-order valence-electron chi connectivity index (χ3n) is 4.33. The topological polar surface area (TPSA) is 64.4 Å². The zero-order valence-electron chi connectivity index (χ0n) is 14.1. The van der Waals surface area contributed by atoms with E-state index in [4.69, 9.17) is 4.74 Å². The normalized spacial score (nSPS) is 12.3. The van der Waals surface area contributed by atoms with Gasteiger partial charge in [-0.15, -0.1) is 0 Å². The van der Waals surface area contributed by atoms with Crippen LogP contribution in [0.25, 0.3) is 21.5 Å². The van der Waals surface area contributed by atoms with Gasteiger partial charge in [-0.1, -0.05) is 54.6 Å². The molecule has 0 aliphatic heterocycles. The Hall–Kier alpha value is -3.18. The van der Waals surface area contributed by atoms with E-state index < -0.39 is 6.10 Å². The third-order valence-corrected chi connectivity index (χ3v) is 4.33. The molecule has 0 aliphatic carbocycles. The lowest BCUT2D eigenvalue weighted by molar-refractivity contribution is 0.0888. The summed E-state index contributed by atoms with van der Waals surface area (Å²) in [4.78, 5) is 12.5. The fourth-order valence-electron chi connectivity index (χ4n) is 3.02. The van der Waals surface area contributed by atoms with Gasteiger partial charge in [0.1, 0.15) is 18.5 Å². The van der Waals surface area contributed by atoms with Gasteiger partial charge < -0.3 is 9.84 Å². The van der Waals surface area contributed by atoms with Crippen LogP contribution in [0.4, 0.5) is 0 Å². The molecular formula is C21H18N2O3. The molecule has 1 atom stereocenters. The fourth-order valence-corrected chi connectivity index (χ4v) is 3.02. The Morgan fingerprint density at radius 1 is 0.923 bits per heavy atom. The lowest BCUT2D eigenvalue weighted by Crippen LogP contribution is -2.31. The van der Waals surface area contributed by atoms with Gasteiger partial charge in [-0.2, -0.15) is 5.10 Å². The monoisotopic (exact) mass is 346 g/mol. The second-order valence-electron chi connectivity index (χ2n) is 6.16. The van der Waals surface area contributed by atoms with E-state index in [2.05, 4.69) is 5.10 Å². The largest absolute Gasteiger partial charge is 0.490 e. The van der Waals surface area contributed by atoms with E-state index in [0.29, 0.717) is 11.1 Å². The molecule has 0 radical (unpaired) electrons. The number of hydrogen-bond acceptors (Lipinski definition) is 4. The maximum atomic E-state index is 12.5. The van der Waals surface area contributed by atoms with Crippen molar-refractivity contribution in [2.24, 2.45) is 0 Å². The molecule has 26 heavy (non-hydrogen) atoms. The third kappa shape index (κ3) is 3.17. The van der Waals surface area contributed by atoms with Crippen molar-refractivity contribution in [2.45, 2.75) is 12.6 Å². The van der Waals surface area contributed by atoms with Crippen LogP contribution < -0.4 is 10.3 Å². The molecule has 0 spiro atoms. The van der Waals surface area contributed by atoms with Crippen molar-refractivity contribution in [3.05, 3.63) is 83.3 Å². The van der Waals surface area contributed by atoms with Crippen LogP contribution in [0.3, 0.4) is 0 Å². The summed E-state index contributed by atoms with van der Waals surface area (Å²) in [6.07, 6.45) is 0.787. The first kappa shape index (κ1) is 16.3. The highest BCUT2D eigenvalue weighted by Crippen LogP contribution is 2.25. The Balaban J connectivity index is 1.50. The summed E-state index contributed by atoms with van der Waals surface area (Å²) in [6, 6.07) is 21.0. The lowest BCUT2D eigenvalue weighted by atomic mass is 10.1. The molecule has 4 rings (SSSR count). The van der Waals surface area contributed by atoms with Crippen LogP contribution in [-0.4, -0.2) is 27.6 Å². The van der Waals surface area contributed by atoms with Gasteiger partial charge in [-0.05, 0) is 17.5 Å². The van der Waals surface area contributed by atoms with Crippen molar-refractivity contribution in [3.63, 3.8) is 0 Å². The molecular weight excluding hydrogens is 328 g/mol. The van der Waals surface area contributed by atoms with E-state index in [9.17, 15) is 9.90 Å². The maximum absolute atomic E-state index is 12.5. The minimum absolute atomic E-state index is 0.0778. The van der Waals surface area contributed by atoms with E-state index in [1.807, 2.05) is 60.7 Å². The summed E-state index contributed by atoms with van der Waals surface area (Å²) in [5.74, 6) is 0.709. The Kier molecular flexibility index (Phi) is 4.37. The fraction of sp³-hybridized carbons (Fsp3) is 0.143. The lowest BCUT2D eigenvalue weighted by Gasteiger charge is -2.14. The summed E-state index contributed by atoms with van der Waals surface area (Å²) < 4.78 is 7.06. The van der Waals surface area contributed by atoms with Crippen molar-refractivity contribution < 1.29 is 9.84 Å². The zero-order chi connectivity index (χ0) is 17.9. The van der Waals surface area contributed by atoms with Gasteiger partial charge in [-0.3, -0.25) is 4.79 Å². The highest BCUT2D eigenvalue weighted by Gasteiger charge is 2.11. The van der Waals surface area contributed by atoms with Gasteiger partial charge in [0.15, 0.2) is 0 Å². The van der Waals surface area contributed by atoms with E-state index >= 15 is 0 Å². The molecule has 5 heteroatoms. The summed E-state index contributed by atoms with van der Waals surface area (Å²) >= 11 is 0. The molecule has 1 heterocycles. The van der Waals surface area contributed by atoms with Crippen molar-refractivity contribution in [1.29, 1.82) is 0 Å². The molecule has 0 aliphatic rings. The van der Waals surface area contributed by atoms with E-state index in [1.165, 1.54) is 4.68 Å². The summed E-state index contributed by atoms with van der Waals surface area (Å²) in [5.41, 5.74) is -0.215. The van der Waals surface area contributed by atoms with Gasteiger partial charge in [0, 0.05) is 10.8 Å². The number of aromatic nitrogens is 2. The number of aliphatic hydroxyl groups excluding tert-OH is 1. The molecule has 1 N–H and O–H groups in total. The van der Waals surface area contributed by atoms with Crippen LogP contribution in [0.2, 0.25) is 0 Å². The first-order chi connectivity index (χ1) is 12.7. The maximum Gasteiger partial charge on any atom is 0.274 e. The van der Waals surface area contributed by atoms with Crippen LogP contribution in [-0.2, 0) is 6.54 Å². The minimum atomic E-state index is -0.847. The van der Waals surface area contributed by atoms with Gasteiger partial charge >= 0.3 is 0 Å². The predicted octanol–water partition coefficient (Wildman–Crippen LogP) is 2.99. The molecule has 0 fully saturated rings. The Labute approximate surface area is 150 Å². The smallest absolute Gasteiger partial charge is 0.274 e. The Morgan fingerprint density at radius 2 is 1.62 bits per heavy atom. The average molecular weight is 346 g/mol. The van der Waals surface area contributed by atoms with E-state index in [1.54, 1.807) is 12.3 Å². The molecule has 4 aromatic rings. The van der Waals surface area contributed by atoms with Crippen molar-refractivity contribution >= 4 is 21.5 Å². The molecule has 0 bridgehead atoms. The molecule has 130 valence electrons. The molecule has 0 saturated carbocycles. The van der Waals surface area contributed by atoms with E-state index in [-0.39, 0.29) is 18.7 Å². The quantitative estimate of drug-likeness (QED) is 0.603. The van der Waals surface area contributed by atoms with E-state index in [0.717, 1.165) is 16.2 Å². The second-order valence-corrected chi connectivity index (χ2v) is 6.16. The number of rotatable bonds is 5. The van der Waals surface area contributed by atoms with Crippen molar-refractivity contribution in [3.8, 4) is 5.75 Å². The van der Waals surface area contributed by atoms with Crippen LogP contribution in [0.5, 0.6) is 5.75 Å². The number of nitrogens with zero attached hydrogens (tertiary/aromatic N) is 2. The molecule has 3 aromatic carbocycles. The van der Waals surface area contributed by atoms with Crippen LogP contribution in [0.1, 0.15) is 0 Å². The molecule has 5 nitrogen and oxygen atoms in total. The van der Waals surface area contributed by atoms with Gasteiger partial charge in [0.05, 0.1) is 18.1 Å².